The first-order valence-electron chi connectivity index (χ1n) is 6.57. The van der Waals surface area contributed by atoms with Crippen molar-refractivity contribution in [3.8, 4) is 0 Å². The Balaban J connectivity index is 1.65. The van der Waals surface area contributed by atoms with Gasteiger partial charge in [-0.1, -0.05) is 30.3 Å². The fraction of sp³-hybridized carbons (Fsp3) is 0.188. The molecule has 1 N–H and O–H groups in total. The van der Waals surface area contributed by atoms with Crippen LogP contribution in [0.4, 0.5) is 5.69 Å². The van der Waals surface area contributed by atoms with E-state index in [2.05, 4.69) is 34.6 Å². The third-order valence-electron chi connectivity index (χ3n) is 3.70. The first-order valence-corrected chi connectivity index (χ1v) is 6.57. The van der Waals surface area contributed by atoms with E-state index in [4.69, 9.17) is 4.42 Å². The van der Waals surface area contributed by atoms with Gasteiger partial charge in [0.15, 0.2) is 11.5 Å². The van der Waals surface area contributed by atoms with E-state index in [1.165, 1.54) is 11.3 Å². The van der Waals surface area contributed by atoms with Crippen molar-refractivity contribution in [1.82, 2.24) is 4.98 Å². The smallest absolute Gasteiger partial charge is 0.196 e. The number of para-hydroxylation sites is 3. The fourth-order valence-corrected chi connectivity index (χ4v) is 2.76. The summed E-state index contributed by atoms with van der Waals surface area (Å²) < 4.78 is 5.81. The summed E-state index contributed by atoms with van der Waals surface area (Å²) in [5.74, 6) is 1.27. The second-order valence-electron chi connectivity index (χ2n) is 4.94. The van der Waals surface area contributed by atoms with E-state index in [9.17, 15) is 0 Å². The maximum atomic E-state index is 5.81. The number of benzene rings is 2. The highest BCUT2D eigenvalue weighted by Crippen LogP contribution is 2.33. The number of nitrogens with zero attached hydrogens (tertiary/aromatic N) is 1. The molecule has 1 aliphatic rings. The Labute approximate surface area is 111 Å². The van der Waals surface area contributed by atoms with Gasteiger partial charge in [0.25, 0.3) is 0 Å². The Hall–Kier alpha value is -2.29. The van der Waals surface area contributed by atoms with Crippen LogP contribution in [0.2, 0.25) is 0 Å². The van der Waals surface area contributed by atoms with Gasteiger partial charge in [0.2, 0.25) is 0 Å². The van der Waals surface area contributed by atoms with Gasteiger partial charge in [0.05, 0.1) is 0 Å². The Morgan fingerprint density at radius 3 is 2.89 bits per heavy atom. The van der Waals surface area contributed by atoms with Gasteiger partial charge >= 0.3 is 0 Å². The van der Waals surface area contributed by atoms with Crippen LogP contribution in [-0.2, 0) is 6.42 Å². The molecule has 94 valence electrons. The Bertz CT molecular complexity index is 699. The number of oxazole rings is 1. The molecule has 0 fully saturated rings. The predicted octanol–water partition coefficient (Wildman–Crippen LogP) is 3.58. The van der Waals surface area contributed by atoms with Gasteiger partial charge in [-0.15, -0.1) is 0 Å². The van der Waals surface area contributed by atoms with E-state index in [1.807, 2.05) is 24.3 Å². The van der Waals surface area contributed by atoms with Gasteiger partial charge in [-0.25, -0.2) is 4.98 Å². The molecule has 0 radical (unpaired) electrons. The monoisotopic (exact) mass is 250 g/mol. The van der Waals surface area contributed by atoms with E-state index in [-0.39, 0.29) is 0 Å². The number of nitrogens with one attached hydrogen (secondary N) is 1. The molecule has 0 aliphatic carbocycles. The molecule has 1 aromatic heterocycles. The molecular weight excluding hydrogens is 236 g/mol. The van der Waals surface area contributed by atoms with Crippen molar-refractivity contribution >= 4 is 16.8 Å². The fourth-order valence-electron chi connectivity index (χ4n) is 2.76. The number of fused-ring (bicyclic) bond motifs is 2. The average molecular weight is 250 g/mol. The highest BCUT2D eigenvalue weighted by molar-refractivity contribution is 5.72. The molecule has 3 nitrogen and oxygen atoms in total. The maximum absolute atomic E-state index is 5.81. The van der Waals surface area contributed by atoms with Gasteiger partial charge in [-0.05, 0) is 23.8 Å². The van der Waals surface area contributed by atoms with Crippen molar-refractivity contribution in [1.29, 1.82) is 0 Å². The third-order valence-corrected chi connectivity index (χ3v) is 3.70. The highest BCUT2D eigenvalue weighted by Gasteiger charge is 2.23. The second kappa shape index (κ2) is 4.12. The molecule has 0 saturated carbocycles. The average Bonchev–Trinajstić information content (AvgIpc) is 3.03. The molecule has 1 unspecified atom stereocenters. The SMILES string of the molecule is c1ccc2c(c1)NCC2Cc1nc2ccccc2o1. The molecular formula is C16H14N2O. The lowest BCUT2D eigenvalue weighted by Gasteiger charge is -2.06. The Morgan fingerprint density at radius 2 is 1.95 bits per heavy atom. The van der Waals surface area contributed by atoms with E-state index < -0.39 is 0 Å². The van der Waals surface area contributed by atoms with Gasteiger partial charge in [0, 0.05) is 24.6 Å². The van der Waals surface area contributed by atoms with Gasteiger partial charge < -0.3 is 9.73 Å². The number of rotatable bonds is 2. The van der Waals surface area contributed by atoms with Crippen LogP contribution < -0.4 is 5.32 Å². The van der Waals surface area contributed by atoms with Crippen LogP contribution in [0, 0.1) is 0 Å². The van der Waals surface area contributed by atoms with Crippen molar-refractivity contribution in [2.45, 2.75) is 12.3 Å². The summed E-state index contributed by atoms with van der Waals surface area (Å²) in [6.07, 6.45) is 0.846. The molecule has 0 saturated heterocycles. The quantitative estimate of drug-likeness (QED) is 0.755. The van der Waals surface area contributed by atoms with Gasteiger partial charge in [-0.3, -0.25) is 0 Å². The molecule has 0 spiro atoms. The second-order valence-corrected chi connectivity index (χ2v) is 4.94. The van der Waals surface area contributed by atoms with Gasteiger partial charge in [0.1, 0.15) is 5.52 Å². The van der Waals surface area contributed by atoms with E-state index in [0.29, 0.717) is 5.92 Å². The minimum absolute atomic E-state index is 0.448. The zero-order valence-corrected chi connectivity index (χ0v) is 10.5. The molecule has 2 heterocycles. The Morgan fingerprint density at radius 1 is 1.11 bits per heavy atom. The largest absolute Gasteiger partial charge is 0.441 e. The number of hydrogen-bond donors (Lipinski definition) is 1. The van der Waals surface area contributed by atoms with Crippen molar-refractivity contribution in [3.63, 3.8) is 0 Å². The molecule has 3 aromatic rings. The van der Waals surface area contributed by atoms with Crippen LogP contribution in [0.5, 0.6) is 0 Å². The van der Waals surface area contributed by atoms with Crippen molar-refractivity contribution < 1.29 is 4.42 Å². The summed E-state index contributed by atoms with van der Waals surface area (Å²) in [5.41, 5.74) is 4.42. The Kier molecular flexibility index (Phi) is 2.30. The molecule has 3 heteroatoms. The molecule has 1 atom stereocenters. The van der Waals surface area contributed by atoms with Crippen molar-refractivity contribution in [2.75, 3.05) is 11.9 Å². The zero-order chi connectivity index (χ0) is 12.7. The first kappa shape index (κ1) is 10.6. The third kappa shape index (κ3) is 1.78. The summed E-state index contributed by atoms with van der Waals surface area (Å²) >= 11 is 0. The van der Waals surface area contributed by atoms with Crippen LogP contribution in [-0.4, -0.2) is 11.5 Å². The zero-order valence-electron chi connectivity index (χ0n) is 10.5. The summed E-state index contributed by atoms with van der Waals surface area (Å²) in [7, 11) is 0. The maximum Gasteiger partial charge on any atom is 0.196 e. The topological polar surface area (TPSA) is 38.1 Å². The standard InChI is InChI=1S/C16H14N2O/c1-2-6-13-12(5-1)11(10-17-13)9-16-18-14-7-3-4-8-15(14)19-16/h1-8,11,17H,9-10H2. The highest BCUT2D eigenvalue weighted by atomic mass is 16.3. The van der Waals surface area contributed by atoms with Gasteiger partial charge in [-0.2, -0.15) is 0 Å². The van der Waals surface area contributed by atoms with Crippen molar-refractivity contribution in [2.24, 2.45) is 0 Å². The van der Waals surface area contributed by atoms with Crippen LogP contribution in [0.3, 0.4) is 0 Å². The lowest BCUT2D eigenvalue weighted by molar-refractivity contribution is 0.507. The van der Waals surface area contributed by atoms with Crippen LogP contribution in [0.1, 0.15) is 17.4 Å². The van der Waals surface area contributed by atoms with Crippen LogP contribution >= 0.6 is 0 Å². The summed E-state index contributed by atoms with van der Waals surface area (Å²) in [4.78, 5) is 4.55. The van der Waals surface area contributed by atoms with E-state index >= 15 is 0 Å². The minimum atomic E-state index is 0.448. The van der Waals surface area contributed by atoms with E-state index in [0.717, 1.165) is 30.0 Å². The molecule has 0 amide bonds. The van der Waals surface area contributed by atoms with E-state index in [1.54, 1.807) is 0 Å². The summed E-state index contributed by atoms with van der Waals surface area (Å²) in [5, 5.41) is 3.43. The number of aromatic nitrogens is 1. The summed E-state index contributed by atoms with van der Waals surface area (Å²) in [6.45, 7) is 0.956. The first-order chi connectivity index (χ1) is 9.40. The molecule has 1 aliphatic heterocycles. The molecule has 2 aromatic carbocycles. The van der Waals surface area contributed by atoms with Crippen LogP contribution in [0.15, 0.2) is 52.9 Å². The normalized spacial score (nSPS) is 17.4. The molecule has 4 rings (SSSR count). The summed E-state index contributed by atoms with van der Waals surface area (Å²) in [6, 6.07) is 16.4. The predicted molar refractivity (Wildman–Crippen MR) is 75.4 cm³/mol. The molecule has 0 bridgehead atoms. The minimum Gasteiger partial charge on any atom is -0.441 e. The van der Waals surface area contributed by atoms with Crippen LogP contribution in [0.25, 0.3) is 11.1 Å². The lowest BCUT2D eigenvalue weighted by atomic mass is 9.98. The van der Waals surface area contributed by atoms with Crippen molar-refractivity contribution in [3.05, 3.63) is 60.0 Å². The number of hydrogen-bond acceptors (Lipinski definition) is 3. The molecule has 19 heavy (non-hydrogen) atoms. The lowest BCUT2D eigenvalue weighted by Crippen LogP contribution is -2.05. The number of anilines is 1.